The van der Waals surface area contributed by atoms with E-state index in [0.29, 0.717) is 10.8 Å². The summed E-state index contributed by atoms with van der Waals surface area (Å²) >= 11 is 0. The first-order valence-electron chi connectivity index (χ1n) is 12.2. The number of esters is 2. The molecule has 0 aliphatic heterocycles. The van der Waals surface area contributed by atoms with Crippen LogP contribution in [0.4, 0.5) is 13.2 Å². The van der Waals surface area contributed by atoms with Crippen molar-refractivity contribution in [2.75, 3.05) is 14.2 Å². The van der Waals surface area contributed by atoms with Gasteiger partial charge < -0.3 is 19.5 Å². The molecule has 0 radical (unpaired) electrons. The minimum Gasteiger partial charge on any atom is -0.467 e. The van der Waals surface area contributed by atoms with Gasteiger partial charge >= 0.3 is 24.0 Å². The van der Waals surface area contributed by atoms with E-state index < -0.39 is 60.3 Å². The Labute approximate surface area is 228 Å². The van der Waals surface area contributed by atoms with Gasteiger partial charge in [0.25, 0.3) is 0 Å². The normalized spacial score (nSPS) is 14.5. The van der Waals surface area contributed by atoms with E-state index in [1.165, 1.54) is 37.3 Å². The van der Waals surface area contributed by atoms with Gasteiger partial charge in [0.05, 0.1) is 26.7 Å². The molecule has 3 rings (SSSR count). The highest BCUT2D eigenvalue weighted by Gasteiger charge is 2.52. The number of rotatable bonds is 10. The van der Waals surface area contributed by atoms with Crippen molar-refractivity contribution < 1.29 is 46.9 Å². The maximum Gasteiger partial charge on any atom is 0.471 e. The zero-order valence-corrected chi connectivity index (χ0v) is 22.0. The largest absolute Gasteiger partial charge is 0.471 e. The highest BCUT2D eigenvalue weighted by Crippen LogP contribution is 2.36. The molecule has 1 amide bonds. The molecule has 0 spiro atoms. The van der Waals surface area contributed by atoms with E-state index in [2.05, 4.69) is 4.74 Å². The number of halogens is 3. The van der Waals surface area contributed by atoms with Gasteiger partial charge in [0.15, 0.2) is 11.4 Å². The van der Waals surface area contributed by atoms with Crippen LogP contribution in [0.3, 0.4) is 0 Å². The maximum atomic E-state index is 14.0. The first-order valence-corrected chi connectivity index (χ1v) is 12.2. The summed E-state index contributed by atoms with van der Waals surface area (Å²) in [5.74, 6) is -5.85. The van der Waals surface area contributed by atoms with Crippen LogP contribution in [0.1, 0.15) is 41.7 Å². The van der Waals surface area contributed by atoms with Crippen LogP contribution < -0.4 is 0 Å². The summed E-state index contributed by atoms with van der Waals surface area (Å²) in [6, 6.07) is 15.6. The maximum absolute atomic E-state index is 14.0. The van der Waals surface area contributed by atoms with Gasteiger partial charge in [-0.1, -0.05) is 72.8 Å². The Kier molecular flexibility index (Phi) is 9.31. The molecule has 3 aromatic carbocycles. The van der Waals surface area contributed by atoms with Crippen LogP contribution >= 0.6 is 0 Å². The summed E-state index contributed by atoms with van der Waals surface area (Å²) in [6.45, 7) is 1.29. The lowest BCUT2D eigenvalue weighted by Crippen LogP contribution is -2.56. The number of Topliss-reactive ketones (excluding diaryl/α,β-unsaturated/α-hetero) is 1. The monoisotopic (exact) mass is 559 g/mol. The predicted octanol–water partition coefficient (Wildman–Crippen LogP) is 4.40. The molecule has 8 nitrogen and oxygen atoms in total. The van der Waals surface area contributed by atoms with Gasteiger partial charge in [-0.05, 0) is 23.3 Å². The Morgan fingerprint density at radius 1 is 0.875 bits per heavy atom. The number of aliphatic hydroxyl groups is 1. The lowest BCUT2D eigenvalue weighted by atomic mass is 9.86. The molecular weight excluding hydrogens is 531 g/mol. The van der Waals surface area contributed by atoms with E-state index in [9.17, 15) is 37.5 Å². The summed E-state index contributed by atoms with van der Waals surface area (Å²) in [7, 11) is 1.80. The Morgan fingerprint density at radius 3 is 2.08 bits per heavy atom. The van der Waals surface area contributed by atoms with Gasteiger partial charge in [-0.3, -0.25) is 9.59 Å². The average Bonchev–Trinajstić information content (AvgIpc) is 2.95. The lowest BCUT2D eigenvalue weighted by Gasteiger charge is -2.38. The minimum absolute atomic E-state index is 0.104. The molecule has 0 aliphatic rings. The van der Waals surface area contributed by atoms with E-state index in [1.54, 1.807) is 42.5 Å². The van der Waals surface area contributed by atoms with Crippen LogP contribution in [-0.2, 0) is 23.9 Å². The van der Waals surface area contributed by atoms with Gasteiger partial charge in [-0.15, -0.1) is 0 Å². The summed E-state index contributed by atoms with van der Waals surface area (Å²) in [5, 5.41) is 12.5. The molecule has 212 valence electrons. The number of hydrogen-bond acceptors (Lipinski definition) is 7. The van der Waals surface area contributed by atoms with Crippen LogP contribution in [0.25, 0.3) is 10.8 Å². The quantitative estimate of drug-likeness (QED) is 0.290. The van der Waals surface area contributed by atoms with E-state index >= 15 is 0 Å². The van der Waals surface area contributed by atoms with Crippen molar-refractivity contribution in [3.8, 4) is 0 Å². The number of methoxy groups -OCH3 is 2. The Bertz CT molecular complexity index is 1390. The molecule has 0 unspecified atom stereocenters. The second-order valence-corrected chi connectivity index (χ2v) is 9.19. The third-order valence-corrected chi connectivity index (χ3v) is 6.62. The second-order valence-electron chi connectivity index (χ2n) is 9.19. The first-order chi connectivity index (χ1) is 18.8. The SMILES string of the molecule is COC(=O)[C@H](C[C@@](O)(CC(=O)c1ccccc1)C(=O)OC)N(C(=O)C(F)(F)F)[C@H](C)c1cccc2ccccc12. The fraction of sp³-hybridized carbons (Fsp3) is 0.310. The molecule has 0 fully saturated rings. The zero-order valence-electron chi connectivity index (χ0n) is 22.0. The molecule has 0 aliphatic carbocycles. The molecule has 3 aromatic rings. The summed E-state index contributed by atoms with van der Waals surface area (Å²) in [6.07, 6.45) is -7.48. The zero-order chi connectivity index (χ0) is 29.7. The van der Waals surface area contributed by atoms with Gasteiger partial charge in [0.2, 0.25) is 0 Å². The Morgan fingerprint density at radius 2 is 1.48 bits per heavy atom. The van der Waals surface area contributed by atoms with Crippen LogP contribution in [0.15, 0.2) is 72.8 Å². The van der Waals surface area contributed by atoms with E-state index in [4.69, 9.17) is 4.74 Å². The van der Waals surface area contributed by atoms with Gasteiger partial charge in [0.1, 0.15) is 6.04 Å². The smallest absolute Gasteiger partial charge is 0.467 e. The highest BCUT2D eigenvalue weighted by molar-refractivity contribution is 6.00. The molecule has 0 bridgehead atoms. The van der Waals surface area contributed by atoms with Crippen molar-refractivity contribution >= 4 is 34.4 Å². The van der Waals surface area contributed by atoms with Gasteiger partial charge in [-0.2, -0.15) is 13.2 Å². The van der Waals surface area contributed by atoms with E-state index in [0.717, 1.165) is 14.2 Å². The number of benzene rings is 3. The van der Waals surface area contributed by atoms with Crippen LogP contribution in [0.2, 0.25) is 0 Å². The number of ether oxygens (including phenoxy) is 2. The number of ketones is 1. The molecule has 1 N–H and O–H groups in total. The minimum atomic E-state index is -5.44. The molecule has 40 heavy (non-hydrogen) atoms. The van der Waals surface area contributed by atoms with Gasteiger partial charge in [0, 0.05) is 12.0 Å². The topological polar surface area (TPSA) is 110 Å². The van der Waals surface area contributed by atoms with Crippen molar-refractivity contribution in [3.63, 3.8) is 0 Å². The molecule has 3 atom stereocenters. The summed E-state index contributed by atoms with van der Waals surface area (Å²) in [5.41, 5.74) is -2.42. The second kappa shape index (κ2) is 12.3. The van der Waals surface area contributed by atoms with Crippen molar-refractivity contribution in [2.24, 2.45) is 0 Å². The first kappa shape index (κ1) is 30.3. The van der Waals surface area contributed by atoms with Crippen molar-refractivity contribution in [1.29, 1.82) is 0 Å². The van der Waals surface area contributed by atoms with Crippen molar-refractivity contribution in [1.82, 2.24) is 4.90 Å². The Hall–Kier alpha value is -4.25. The van der Waals surface area contributed by atoms with Crippen LogP contribution in [0, 0.1) is 0 Å². The number of carbonyl (C=O) groups excluding carboxylic acids is 4. The molecule has 0 saturated heterocycles. The fourth-order valence-electron chi connectivity index (χ4n) is 4.66. The summed E-state index contributed by atoms with van der Waals surface area (Å²) in [4.78, 5) is 51.8. The van der Waals surface area contributed by atoms with Crippen LogP contribution in [-0.4, -0.2) is 65.7 Å². The number of hydrogen-bond donors (Lipinski definition) is 1. The third-order valence-electron chi connectivity index (χ3n) is 6.62. The fourth-order valence-corrected chi connectivity index (χ4v) is 4.66. The number of amides is 1. The number of carbonyl (C=O) groups is 4. The third kappa shape index (κ3) is 6.48. The standard InChI is InChI=1S/C29H28F3NO7/c1-18(21-15-9-13-19-10-7-8-14-22(19)21)33(26(36)29(30,31)32)23(25(35)39-2)16-28(38,27(37)40-3)17-24(34)20-11-5-4-6-12-20/h4-15,18,23,38H,16-17H2,1-3H3/t18-,23+,28-/m1/s1. The number of alkyl halides is 3. The highest BCUT2D eigenvalue weighted by atomic mass is 19.4. The predicted molar refractivity (Wildman–Crippen MR) is 138 cm³/mol. The van der Waals surface area contributed by atoms with Crippen molar-refractivity contribution in [2.45, 2.75) is 43.6 Å². The molecule has 0 aromatic heterocycles. The van der Waals surface area contributed by atoms with Gasteiger partial charge in [-0.25, -0.2) is 9.59 Å². The molecular formula is C29H28F3NO7. The van der Waals surface area contributed by atoms with E-state index in [1.807, 2.05) is 0 Å². The van der Waals surface area contributed by atoms with E-state index in [-0.39, 0.29) is 16.0 Å². The molecule has 11 heteroatoms. The summed E-state index contributed by atoms with van der Waals surface area (Å²) < 4.78 is 51.3. The average molecular weight is 560 g/mol. The number of nitrogens with zero attached hydrogens (tertiary/aromatic N) is 1. The lowest BCUT2D eigenvalue weighted by molar-refractivity contribution is -0.195. The molecule has 0 heterocycles. The Balaban J connectivity index is 2.15. The molecule has 0 saturated carbocycles. The van der Waals surface area contributed by atoms with Crippen molar-refractivity contribution in [3.05, 3.63) is 83.9 Å². The number of fused-ring (bicyclic) bond motifs is 1. The van der Waals surface area contributed by atoms with Crippen LogP contribution in [0.5, 0.6) is 0 Å².